The zero-order valence-electron chi connectivity index (χ0n) is 12.9. The second kappa shape index (κ2) is 7.39. The van der Waals surface area contributed by atoms with Gasteiger partial charge >= 0.3 is 5.69 Å². The fraction of sp³-hybridized carbons (Fsp3) is 0.333. The molecule has 23 heavy (non-hydrogen) atoms. The molecule has 0 unspecified atom stereocenters. The standard InChI is InChI=1S/C15H18N4O4/c1-10-3-4-13(19(21)22)14(7-10)23-6-5-15(20)18-11(2)12-8-16-17-9-12/h3-4,7-9,11H,5-6H2,1-2H3,(H,16,17)(H,18,20)/t11-/m0/s1. The Morgan fingerprint density at radius 2 is 2.30 bits per heavy atom. The van der Waals surface area contributed by atoms with E-state index in [0.29, 0.717) is 0 Å². The highest BCUT2D eigenvalue weighted by Crippen LogP contribution is 2.27. The molecule has 0 saturated carbocycles. The van der Waals surface area contributed by atoms with Crippen LogP contribution < -0.4 is 10.1 Å². The van der Waals surface area contributed by atoms with Gasteiger partial charge in [0.25, 0.3) is 0 Å². The average Bonchev–Trinajstić information content (AvgIpc) is 3.01. The lowest BCUT2D eigenvalue weighted by Gasteiger charge is -2.12. The number of rotatable bonds is 7. The van der Waals surface area contributed by atoms with E-state index in [2.05, 4.69) is 15.5 Å². The summed E-state index contributed by atoms with van der Waals surface area (Å²) in [5.74, 6) is -0.0281. The number of nitro groups is 1. The third-order valence-electron chi connectivity index (χ3n) is 3.30. The second-order valence-corrected chi connectivity index (χ2v) is 5.15. The Balaban J connectivity index is 1.86. The largest absolute Gasteiger partial charge is 0.486 e. The van der Waals surface area contributed by atoms with Crippen molar-refractivity contribution < 1.29 is 14.5 Å². The summed E-state index contributed by atoms with van der Waals surface area (Å²) in [7, 11) is 0. The molecule has 0 radical (unpaired) electrons. The van der Waals surface area contributed by atoms with Crippen molar-refractivity contribution in [1.29, 1.82) is 0 Å². The smallest absolute Gasteiger partial charge is 0.310 e. The van der Waals surface area contributed by atoms with Crippen molar-refractivity contribution in [3.8, 4) is 5.75 Å². The fourth-order valence-corrected chi connectivity index (χ4v) is 2.04. The number of nitrogens with one attached hydrogen (secondary N) is 2. The van der Waals surface area contributed by atoms with Crippen molar-refractivity contribution >= 4 is 11.6 Å². The first kappa shape index (κ1) is 16.5. The molecule has 122 valence electrons. The first-order valence-electron chi connectivity index (χ1n) is 7.13. The Morgan fingerprint density at radius 1 is 1.52 bits per heavy atom. The van der Waals surface area contributed by atoms with Crippen molar-refractivity contribution in [2.45, 2.75) is 26.3 Å². The van der Waals surface area contributed by atoms with Gasteiger partial charge in [0, 0.05) is 17.8 Å². The van der Waals surface area contributed by atoms with Crippen LogP contribution in [0, 0.1) is 17.0 Å². The second-order valence-electron chi connectivity index (χ2n) is 5.15. The molecule has 0 saturated heterocycles. The highest BCUT2D eigenvalue weighted by molar-refractivity contribution is 5.76. The number of carbonyl (C=O) groups is 1. The molecule has 0 aliphatic rings. The molecule has 1 aromatic heterocycles. The summed E-state index contributed by atoms with van der Waals surface area (Å²) in [6.45, 7) is 3.72. The van der Waals surface area contributed by atoms with Crippen molar-refractivity contribution in [1.82, 2.24) is 15.5 Å². The van der Waals surface area contributed by atoms with Crippen molar-refractivity contribution in [2.24, 2.45) is 0 Å². The van der Waals surface area contributed by atoms with Crippen molar-refractivity contribution in [2.75, 3.05) is 6.61 Å². The van der Waals surface area contributed by atoms with Crippen LogP contribution in [0.2, 0.25) is 0 Å². The summed E-state index contributed by atoms with van der Waals surface area (Å²) in [6.07, 6.45) is 3.45. The Morgan fingerprint density at radius 3 is 2.96 bits per heavy atom. The number of carbonyl (C=O) groups excluding carboxylic acids is 1. The Hall–Kier alpha value is -2.90. The summed E-state index contributed by atoms with van der Waals surface area (Å²) in [4.78, 5) is 22.3. The highest BCUT2D eigenvalue weighted by Gasteiger charge is 2.16. The molecule has 1 atom stereocenters. The van der Waals surface area contributed by atoms with Gasteiger partial charge in [-0.05, 0) is 25.5 Å². The lowest BCUT2D eigenvalue weighted by atomic mass is 10.2. The molecule has 2 aromatic rings. The molecular formula is C15H18N4O4. The zero-order valence-corrected chi connectivity index (χ0v) is 12.9. The zero-order chi connectivity index (χ0) is 16.8. The monoisotopic (exact) mass is 318 g/mol. The van der Waals surface area contributed by atoms with Crippen LogP contribution in [0.25, 0.3) is 0 Å². The van der Waals surface area contributed by atoms with E-state index in [1.165, 1.54) is 6.07 Å². The quantitative estimate of drug-likeness (QED) is 0.601. The number of aryl methyl sites for hydroxylation is 1. The summed E-state index contributed by atoms with van der Waals surface area (Å²) < 4.78 is 5.40. The van der Waals surface area contributed by atoms with Gasteiger partial charge in [-0.2, -0.15) is 5.10 Å². The Bertz CT molecular complexity index is 685. The molecule has 0 spiro atoms. The lowest BCUT2D eigenvalue weighted by Crippen LogP contribution is -2.27. The van der Waals surface area contributed by atoms with Crippen molar-refractivity contribution in [3.05, 3.63) is 51.8 Å². The van der Waals surface area contributed by atoms with E-state index >= 15 is 0 Å². The molecule has 8 nitrogen and oxygen atoms in total. The Labute approximate surface area is 133 Å². The van der Waals surface area contributed by atoms with Gasteiger partial charge in [0.15, 0.2) is 5.75 Å². The summed E-state index contributed by atoms with van der Waals surface area (Å²) in [5.41, 5.74) is 1.61. The van der Waals surface area contributed by atoms with Crippen molar-refractivity contribution in [3.63, 3.8) is 0 Å². The normalized spacial score (nSPS) is 11.7. The molecule has 1 aromatic carbocycles. The number of nitro benzene ring substituents is 1. The lowest BCUT2D eigenvalue weighted by molar-refractivity contribution is -0.385. The van der Waals surface area contributed by atoms with E-state index in [9.17, 15) is 14.9 Å². The third kappa shape index (κ3) is 4.53. The minimum Gasteiger partial charge on any atom is -0.486 e. The van der Waals surface area contributed by atoms with Crippen LogP contribution in [-0.4, -0.2) is 27.6 Å². The van der Waals surface area contributed by atoms with Gasteiger partial charge in [-0.15, -0.1) is 0 Å². The SMILES string of the molecule is Cc1ccc([N+](=O)[O-])c(OCCC(=O)N[C@@H](C)c2cn[nH]c2)c1. The maximum Gasteiger partial charge on any atom is 0.310 e. The number of nitrogens with zero attached hydrogens (tertiary/aromatic N) is 2. The maximum absolute atomic E-state index is 11.9. The number of hydrogen-bond acceptors (Lipinski definition) is 5. The predicted molar refractivity (Wildman–Crippen MR) is 83.1 cm³/mol. The van der Waals surface area contributed by atoms with Crippen LogP contribution in [0.3, 0.4) is 0 Å². The van der Waals surface area contributed by atoms with E-state index in [1.807, 2.05) is 13.8 Å². The molecule has 1 amide bonds. The van der Waals surface area contributed by atoms with Gasteiger partial charge in [-0.1, -0.05) is 6.07 Å². The third-order valence-corrected chi connectivity index (χ3v) is 3.30. The number of aromatic nitrogens is 2. The summed E-state index contributed by atoms with van der Waals surface area (Å²) >= 11 is 0. The van der Waals surface area contributed by atoms with E-state index in [0.717, 1.165) is 11.1 Å². The number of aromatic amines is 1. The number of ether oxygens (including phenoxy) is 1. The van der Waals surface area contributed by atoms with Gasteiger partial charge in [0.05, 0.1) is 30.2 Å². The van der Waals surface area contributed by atoms with E-state index in [-0.39, 0.29) is 36.4 Å². The minimum atomic E-state index is -0.504. The van der Waals surface area contributed by atoms with Crippen LogP contribution in [0.15, 0.2) is 30.6 Å². The van der Waals surface area contributed by atoms with Gasteiger partial charge in [0.1, 0.15) is 0 Å². The van der Waals surface area contributed by atoms with Gasteiger partial charge in [0.2, 0.25) is 5.91 Å². The fourth-order valence-electron chi connectivity index (χ4n) is 2.04. The summed E-state index contributed by atoms with van der Waals surface area (Å²) in [5, 5.41) is 20.3. The first-order chi connectivity index (χ1) is 11.0. The van der Waals surface area contributed by atoms with Crippen LogP contribution in [0.1, 0.15) is 30.5 Å². The number of H-pyrrole nitrogens is 1. The highest BCUT2D eigenvalue weighted by atomic mass is 16.6. The topological polar surface area (TPSA) is 110 Å². The number of amides is 1. The van der Waals surface area contributed by atoms with Crippen LogP contribution in [0.4, 0.5) is 5.69 Å². The van der Waals surface area contributed by atoms with E-state index < -0.39 is 4.92 Å². The molecule has 8 heteroatoms. The summed E-state index contributed by atoms with van der Waals surface area (Å²) in [6, 6.07) is 4.45. The molecular weight excluding hydrogens is 300 g/mol. The van der Waals surface area contributed by atoms with Gasteiger partial charge in [-0.25, -0.2) is 0 Å². The first-order valence-corrected chi connectivity index (χ1v) is 7.13. The Kier molecular flexibility index (Phi) is 5.29. The molecule has 2 N–H and O–H groups in total. The van der Waals surface area contributed by atoms with Crippen LogP contribution >= 0.6 is 0 Å². The molecule has 1 heterocycles. The molecule has 0 bridgehead atoms. The van der Waals surface area contributed by atoms with Gasteiger partial charge in [-0.3, -0.25) is 20.0 Å². The molecule has 0 aliphatic carbocycles. The van der Waals surface area contributed by atoms with E-state index in [1.54, 1.807) is 24.5 Å². The predicted octanol–water partition coefficient (Wildman–Crippen LogP) is 2.27. The number of hydrogen-bond donors (Lipinski definition) is 2. The number of benzene rings is 1. The molecule has 0 aliphatic heterocycles. The van der Waals surface area contributed by atoms with Crippen LogP contribution in [0.5, 0.6) is 5.75 Å². The van der Waals surface area contributed by atoms with Gasteiger partial charge < -0.3 is 10.1 Å². The maximum atomic E-state index is 11.9. The average molecular weight is 318 g/mol. The molecule has 2 rings (SSSR count). The van der Waals surface area contributed by atoms with Crippen LogP contribution in [-0.2, 0) is 4.79 Å². The minimum absolute atomic E-state index is 0.0637. The van der Waals surface area contributed by atoms with E-state index in [4.69, 9.17) is 4.74 Å². The molecule has 0 fully saturated rings.